The van der Waals surface area contributed by atoms with Gasteiger partial charge in [-0.15, -0.1) is 0 Å². The van der Waals surface area contributed by atoms with Crippen LogP contribution in [-0.4, -0.2) is 21.9 Å². The van der Waals surface area contributed by atoms with Crippen LogP contribution in [0.2, 0.25) is 0 Å². The standard InChI is InChI=1S/C14H9F3O2.Eu/c15-14(16,17)13(19)8-12(18)11-7-3-5-9-4-1-2-6-10(9)11;/h1-8,19H;/p+1/b13-8-;. The van der Waals surface area contributed by atoms with Crippen molar-refractivity contribution < 1.29 is 72.4 Å². The molecule has 0 spiro atoms. The molecule has 2 aromatic carbocycles. The Bertz CT molecular complexity index is 658. The molecule has 0 atom stereocenters. The van der Waals surface area contributed by atoms with E-state index in [4.69, 9.17) is 5.11 Å². The monoisotopic (exact) mass is 420 g/mol. The van der Waals surface area contributed by atoms with Crippen molar-refractivity contribution in [3.05, 3.63) is 59.9 Å². The molecule has 6 heteroatoms. The average molecular weight is 419 g/mol. The normalized spacial score (nSPS) is 12.1. The van der Waals surface area contributed by atoms with E-state index in [-0.39, 0.29) is 54.9 Å². The largest absolute Gasteiger partial charge is 0.504 e. The molecule has 0 fully saturated rings. The molecule has 0 saturated heterocycles. The van der Waals surface area contributed by atoms with Gasteiger partial charge in [-0.05, 0) is 16.8 Å². The second-order valence-electron chi connectivity index (χ2n) is 3.94. The number of alkyl halides is 3. The zero-order chi connectivity index (χ0) is 14.0. The molecular weight excluding hydrogens is 409 g/mol. The van der Waals surface area contributed by atoms with Gasteiger partial charge < -0.3 is 5.11 Å². The van der Waals surface area contributed by atoms with Crippen molar-refractivity contribution in [2.24, 2.45) is 0 Å². The Kier molecular flexibility index (Phi) is 5.92. The van der Waals surface area contributed by atoms with Crippen LogP contribution in [0.1, 0.15) is 5.56 Å². The molecule has 105 valence electrons. The van der Waals surface area contributed by atoms with Crippen molar-refractivity contribution in [2.75, 3.05) is 0 Å². The van der Waals surface area contributed by atoms with Gasteiger partial charge in [0.15, 0.2) is 0 Å². The zero-order valence-corrected chi connectivity index (χ0v) is 12.5. The Morgan fingerprint density at radius 1 is 1.05 bits per heavy atom. The summed E-state index contributed by atoms with van der Waals surface area (Å²) in [5.74, 6) is -2.47. The molecule has 0 heterocycles. The molecule has 0 amide bonds. The van der Waals surface area contributed by atoms with Gasteiger partial charge in [0.2, 0.25) is 5.76 Å². The van der Waals surface area contributed by atoms with Gasteiger partial charge in [0, 0.05) is 49.4 Å². The van der Waals surface area contributed by atoms with Gasteiger partial charge in [0.05, 0.1) is 11.6 Å². The van der Waals surface area contributed by atoms with Crippen LogP contribution in [0, 0.1) is 49.4 Å². The van der Waals surface area contributed by atoms with Crippen LogP contribution in [0.25, 0.3) is 10.8 Å². The summed E-state index contributed by atoms with van der Waals surface area (Å²) in [6.45, 7) is 0. The van der Waals surface area contributed by atoms with E-state index < -0.39 is 17.7 Å². The number of fused-ring (bicyclic) bond motifs is 1. The minimum Gasteiger partial charge on any atom is -0.504 e. The van der Waals surface area contributed by atoms with E-state index in [1.54, 1.807) is 36.4 Å². The molecule has 20 heavy (non-hydrogen) atoms. The average Bonchev–Trinajstić information content (AvgIpc) is 2.36. The quantitative estimate of drug-likeness (QED) is 0.343. The molecule has 0 bridgehead atoms. The van der Waals surface area contributed by atoms with Crippen molar-refractivity contribution >= 4 is 16.6 Å². The first kappa shape index (κ1) is 17.3. The number of benzene rings is 2. The summed E-state index contributed by atoms with van der Waals surface area (Å²) in [7, 11) is 0. The first-order chi connectivity index (χ1) is 8.89. The van der Waals surface area contributed by atoms with Crippen molar-refractivity contribution in [1.29, 1.82) is 0 Å². The summed E-state index contributed by atoms with van der Waals surface area (Å²) in [4.78, 5) is 9.73. The summed E-state index contributed by atoms with van der Waals surface area (Å²) in [5.41, 5.74) is 0.230. The van der Waals surface area contributed by atoms with Crippen molar-refractivity contribution in [3.8, 4) is 0 Å². The molecule has 0 aliphatic heterocycles. The van der Waals surface area contributed by atoms with Crippen LogP contribution in [0.3, 0.4) is 0 Å². The first-order valence-electron chi connectivity index (χ1n) is 5.41. The summed E-state index contributed by atoms with van der Waals surface area (Å²) in [6.07, 6.45) is -4.57. The van der Waals surface area contributed by atoms with Gasteiger partial charge in [-0.25, -0.2) is 0 Å². The molecule has 0 aliphatic rings. The Hall–Kier alpha value is -0.716. The third-order valence-electron chi connectivity index (χ3n) is 2.63. The van der Waals surface area contributed by atoms with Gasteiger partial charge in [-0.2, -0.15) is 13.2 Å². The summed E-state index contributed by atoms with van der Waals surface area (Å²) in [6, 6.07) is 11.8. The number of hydrogen-bond donors (Lipinski definition) is 1. The fourth-order valence-electron chi connectivity index (χ4n) is 1.74. The van der Waals surface area contributed by atoms with Crippen LogP contribution in [0.5, 0.6) is 0 Å². The topological polar surface area (TPSA) is 41.6 Å². The number of ketones is 1. The van der Waals surface area contributed by atoms with E-state index in [2.05, 4.69) is 0 Å². The summed E-state index contributed by atoms with van der Waals surface area (Å²) >= 11 is 0. The SMILES string of the molecule is O/C(=C\C(=[OH+])c1cccc2ccccc12)C(F)(F)F.[Eu]. The van der Waals surface area contributed by atoms with E-state index in [1.165, 1.54) is 6.07 Å². The number of halogens is 3. The third-order valence-corrected chi connectivity index (χ3v) is 2.63. The molecule has 2 rings (SSSR count). The molecule has 0 aliphatic carbocycles. The summed E-state index contributed by atoms with van der Waals surface area (Å²) in [5, 5.41) is 10.2. The van der Waals surface area contributed by atoms with E-state index in [0.29, 0.717) is 11.5 Å². The van der Waals surface area contributed by atoms with Gasteiger partial charge in [0.25, 0.3) is 0 Å². The predicted molar refractivity (Wildman–Crippen MR) is 66.8 cm³/mol. The molecule has 0 aromatic heterocycles. The Balaban J connectivity index is 0.00000200. The van der Waals surface area contributed by atoms with E-state index >= 15 is 0 Å². The predicted octanol–water partition coefficient (Wildman–Crippen LogP) is 3.74. The molecular formula is C14H10EuF3O2+. The smallest absolute Gasteiger partial charge is 0.449 e. The van der Waals surface area contributed by atoms with Crippen LogP contribution in [0.4, 0.5) is 13.2 Å². The minimum atomic E-state index is -4.88. The maximum atomic E-state index is 12.2. The van der Waals surface area contributed by atoms with Crippen molar-refractivity contribution in [2.45, 2.75) is 6.18 Å². The Morgan fingerprint density at radius 2 is 1.65 bits per heavy atom. The minimum absolute atomic E-state index is 0. The van der Waals surface area contributed by atoms with Crippen LogP contribution < -0.4 is 0 Å². The van der Waals surface area contributed by atoms with Gasteiger partial charge in [0.1, 0.15) is 0 Å². The fourth-order valence-corrected chi connectivity index (χ4v) is 1.74. The Morgan fingerprint density at radius 3 is 2.30 bits per heavy atom. The number of hydrogen-bond acceptors (Lipinski definition) is 1. The number of rotatable bonds is 2. The maximum absolute atomic E-state index is 12.2. The second-order valence-corrected chi connectivity index (χ2v) is 3.94. The maximum Gasteiger partial charge on any atom is 0.449 e. The van der Waals surface area contributed by atoms with Crippen LogP contribution in [0.15, 0.2) is 54.3 Å². The van der Waals surface area contributed by atoms with Crippen LogP contribution in [-0.2, 0) is 0 Å². The first-order valence-corrected chi connectivity index (χ1v) is 5.41. The molecule has 2 N–H and O–H groups in total. The van der Waals surface area contributed by atoms with Gasteiger partial charge in [-0.1, -0.05) is 36.4 Å². The van der Waals surface area contributed by atoms with Crippen molar-refractivity contribution in [3.63, 3.8) is 0 Å². The Labute approximate surface area is 153 Å². The number of aliphatic hydroxyl groups is 1. The van der Waals surface area contributed by atoms with Gasteiger partial charge in [-0.3, -0.25) is 4.79 Å². The number of carbonyl (C=O) groups excluding carboxylic acids is 1. The second kappa shape index (κ2) is 6.83. The molecule has 2 aromatic rings. The third kappa shape index (κ3) is 3.90. The van der Waals surface area contributed by atoms with Crippen molar-refractivity contribution in [1.82, 2.24) is 0 Å². The van der Waals surface area contributed by atoms with E-state index in [0.717, 1.165) is 5.39 Å². The summed E-state index contributed by atoms with van der Waals surface area (Å²) < 4.78 is 36.6. The fraction of sp³-hybridized carbons (Fsp3) is 0.0714. The molecule has 1 radical (unpaired) electrons. The number of aliphatic hydroxyl groups excluding tert-OH is 1. The number of allylic oxidation sites excluding steroid dienone is 2. The molecule has 2 nitrogen and oxygen atoms in total. The molecule has 0 saturated carbocycles. The van der Waals surface area contributed by atoms with E-state index in [1.807, 2.05) is 0 Å². The van der Waals surface area contributed by atoms with E-state index in [9.17, 15) is 18.0 Å². The van der Waals surface area contributed by atoms with Gasteiger partial charge >= 0.3 is 12.0 Å². The molecule has 0 unspecified atom stereocenters. The zero-order valence-electron chi connectivity index (χ0n) is 10.0. The van der Waals surface area contributed by atoms with Crippen LogP contribution >= 0.6 is 0 Å².